The molecule has 3 rings (SSSR count). The number of benzene rings is 1. The maximum atomic E-state index is 11.2. The van der Waals surface area contributed by atoms with Gasteiger partial charge in [-0.2, -0.15) is 0 Å². The summed E-state index contributed by atoms with van der Waals surface area (Å²) in [5, 5.41) is 0. The van der Waals surface area contributed by atoms with Crippen molar-refractivity contribution >= 4 is 17.7 Å². The molecule has 0 saturated carbocycles. The first-order chi connectivity index (χ1) is 9.24. The van der Waals surface area contributed by atoms with Crippen LogP contribution in [-0.2, 0) is 4.74 Å². The lowest BCUT2D eigenvalue weighted by Gasteiger charge is -2.30. The summed E-state index contributed by atoms with van der Waals surface area (Å²) >= 11 is 0. The SMILES string of the molecule is NC(=O)c1ccc2c(c1)C=CCN2CC1CCCO1. The lowest BCUT2D eigenvalue weighted by molar-refractivity contribution is 0.1000. The number of primary amides is 1. The molecule has 2 N–H and O–H groups in total. The summed E-state index contributed by atoms with van der Waals surface area (Å²) < 4.78 is 5.69. The van der Waals surface area contributed by atoms with Gasteiger partial charge in [0.1, 0.15) is 0 Å². The molecule has 0 aromatic heterocycles. The number of amides is 1. The Bertz CT molecular complexity index is 519. The minimum absolute atomic E-state index is 0.329. The van der Waals surface area contributed by atoms with Crippen LogP contribution in [0.3, 0.4) is 0 Å². The smallest absolute Gasteiger partial charge is 0.248 e. The third-order valence-electron chi connectivity index (χ3n) is 3.72. The largest absolute Gasteiger partial charge is 0.376 e. The molecular weight excluding hydrogens is 240 g/mol. The number of carbonyl (C=O) groups excluding carboxylic acids is 1. The van der Waals surface area contributed by atoms with Crippen LogP contribution in [-0.4, -0.2) is 31.7 Å². The molecule has 2 aliphatic heterocycles. The number of nitrogens with zero attached hydrogens (tertiary/aromatic N) is 1. The van der Waals surface area contributed by atoms with Crippen LogP contribution in [0.4, 0.5) is 5.69 Å². The second-order valence-electron chi connectivity index (χ2n) is 5.08. The van der Waals surface area contributed by atoms with Gasteiger partial charge in [0.25, 0.3) is 0 Å². The van der Waals surface area contributed by atoms with Gasteiger partial charge in [-0.05, 0) is 36.6 Å². The van der Waals surface area contributed by atoms with E-state index < -0.39 is 0 Å². The summed E-state index contributed by atoms with van der Waals surface area (Å²) in [4.78, 5) is 13.5. The van der Waals surface area contributed by atoms with Gasteiger partial charge in [0.2, 0.25) is 5.91 Å². The Morgan fingerprint density at radius 3 is 3.11 bits per heavy atom. The number of hydrogen-bond acceptors (Lipinski definition) is 3. The Morgan fingerprint density at radius 1 is 1.47 bits per heavy atom. The van der Waals surface area contributed by atoms with Crippen LogP contribution in [0.25, 0.3) is 6.08 Å². The predicted octanol–water partition coefficient (Wildman–Crippen LogP) is 1.80. The monoisotopic (exact) mass is 258 g/mol. The van der Waals surface area contributed by atoms with Crippen molar-refractivity contribution < 1.29 is 9.53 Å². The molecular formula is C15H18N2O2. The number of carbonyl (C=O) groups is 1. The normalized spacial score (nSPS) is 21.5. The van der Waals surface area contributed by atoms with E-state index in [4.69, 9.17) is 10.5 Å². The number of hydrogen-bond donors (Lipinski definition) is 1. The van der Waals surface area contributed by atoms with Crippen molar-refractivity contribution in [3.8, 4) is 0 Å². The average Bonchev–Trinajstić information content (AvgIpc) is 2.91. The predicted molar refractivity (Wildman–Crippen MR) is 75.2 cm³/mol. The Balaban J connectivity index is 1.83. The van der Waals surface area contributed by atoms with Gasteiger partial charge in [0, 0.05) is 30.9 Å². The van der Waals surface area contributed by atoms with E-state index in [1.165, 1.54) is 0 Å². The molecule has 100 valence electrons. The van der Waals surface area contributed by atoms with Gasteiger partial charge < -0.3 is 15.4 Å². The van der Waals surface area contributed by atoms with E-state index in [1.54, 1.807) is 6.07 Å². The highest BCUT2D eigenvalue weighted by Gasteiger charge is 2.21. The highest BCUT2D eigenvalue weighted by atomic mass is 16.5. The summed E-state index contributed by atoms with van der Waals surface area (Å²) in [6.45, 7) is 2.68. The van der Waals surface area contributed by atoms with Gasteiger partial charge >= 0.3 is 0 Å². The van der Waals surface area contributed by atoms with Gasteiger partial charge in [0.15, 0.2) is 0 Å². The topological polar surface area (TPSA) is 55.6 Å². The summed E-state index contributed by atoms with van der Waals surface area (Å²) in [6.07, 6.45) is 6.78. The van der Waals surface area contributed by atoms with Crippen LogP contribution < -0.4 is 10.6 Å². The van der Waals surface area contributed by atoms with Gasteiger partial charge in [-0.15, -0.1) is 0 Å². The van der Waals surface area contributed by atoms with Crippen molar-refractivity contribution in [1.29, 1.82) is 0 Å². The zero-order chi connectivity index (χ0) is 13.2. The molecule has 4 heteroatoms. The van der Waals surface area contributed by atoms with Gasteiger partial charge in [-0.1, -0.05) is 12.2 Å². The minimum atomic E-state index is -0.382. The Morgan fingerprint density at radius 2 is 2.37 bits per heavy atom. The summed E-state index contributed by atoms with van der Waals surface area (Å²) in [5.74, 6) is -0.382. The van der Waals surface area contributed by atoms with Crippen LogP contribution in [0.15, 0.2) is 24.3 Å². The van der Waals surface area contributed by atoms with Crippen LogP contribution in [0.5, 0.6) is 0 Å². The molecule has 1 aromatic rings. The van der Waals surface area contributed by atoms with E-state index in [2.05, 4.69) is 11.0 Å². The molecule has 2 aliphatic rings. The first-order valence-electron chi connectivity index (χ1n) is 6.71. The van der Waals surface area contributed by atoms with Gasteiger partial charge in [-0.3, -0.25) is 4.79 Å². The Kier molecular flexibility index (Phi) is 3.25. The number of ether oxygens (including phenoxy) is 1. The lowest BCUT2D eigenvalue weighted by Crippen LogP contribution is -2.34. The van der Waals surface area contributed by atoms with Crippen molar-refractivity contribution in [1.82, 2.24) is 0 Å². The van der Waals surface area contributed by atoms with Crippen molar-refractivity contribution in [3.63, 3.8) is 0 Å². The van der Waals surface area contributed by atoms with Crippen LogP contribution in [0.2, 0.25) is 0 Å². The molecule has 4 nitrogen and oxygen atoms in total. The third-order valence-corrected chi connectivity index (χ3v) is 3.72. The van der Waals surface area contributed by atoms with Crippen molar-refractivity contribution in [3.05, 3.63) is 35.4 Å². The zero-order valence-corrected chi connectivity index (χ0v) is 10.8. The Hall–Kier alpha value is -1.81. The van der Waals surface area contributed by atoms with Gasteiger partial charge in [-0.25, -0.2) is 0 Å². The zero-order valence-electron chi connectivity index (χ0n) is 10.8. The fourth-order valence-electron chi connectivity index (χ4n) is 2.74. The fraction of sp³-hybridized carbons (Fsp3) is 0.400. The van der Waals surface area contributed by atoms with E-state index in [-0.39, 0.29) is 5.91 Å². The second kappa shape index (κ2) is 5.05. The van der Waals surface area contributed by atoms with Crippen LogP contribution >= 0.6 is 0 Å². The highest BCUT2D eigenvalue weighted by Crippen LogP contribution is 2.28. The molecule has 0 radical (unpaired) electrons. The molecule has 2 heterocycles. The molecule has 19 heavy (non-hydrogen) atoms. The lowest BCUT2D eigenvalue weighted by atomic mass is 10.0. The number of nitrogens with two attached hydrogens (primary N) is 1. The molecule has 0 aliphatic carbocycles. The molecule has 1 fully saturated rings. The molecule has 1 amide bonds. The van der Waals surface area contributed by atoms with Crippen molar-refractivity contribution in [2.75, 3.05) is 24.6 Å². The molecule has 1 atom stereocenters. The van der Waals surface area contributed by atoms with Gasteiger partial charge in [0.05, 0.1) is 6.10 Å². The molecule has 1 aromatic carbocycles. The number of fused-ring (bicyclic) bond motifs is 1. The molecule has 1 saturated heterocycles. The van der Waals surface area contributed by atoms with Crippen molar-refractivity contribution in [2.24, 2.45) is 5.73 Å². The summed E-state index contributed by atoms with van der Waals surface area (Å²) in [5.41, 5.74) is 8.09. The van der Waals surface area contributed by atoms with E-state index in [0.717, 1.165) is 43.8 Å². The average molecular weight is 258 g/mol. The van der Waals surface area contributed by atoms with Crippen molar-refractivity contribution in [2.45, 2.75) is 18.9 Å². The maximum absolute atomic E-state index is 11.2. The van der Waals surface area contributed by atoms with Crippen LogP contribution in [0, 0.1) is 0 Å². The first kappa shape index (κ1) is 12.2. The van der Waals surface area contributed by atoms with E-state index in [9.17, 15) is 4.79 Å². The van der Waals surface area contributed by atoms with E-state index in [1.807, 2.05) is 18.2 Å². The second-order valence-corrected chi connectivity index (χ2v) is 5.08. The molecule has 0 spiro atoms. The minimum Gasteiger partial charge on any atom is -0.376 e. The Labute approximate surface area is 112 Å². The summed E-state index contributed by atoms with van der Waals surface area (Å²) in [7, 11) is 0. The number of rotatable bonds is 3. The molecule has 0 bridgehead atoms. The molecule has 1 unspecified atom stereocenters. The quantitative estimate of drug-likeness (QED) is 0.899. The number of anilines is 1. The highest BCUT2D eigenvalue weighted by molar-refractivity contribution is 5.94. The first-order valence-corrected chi connectivity index (χ1v) is 6.71. The third kappa shape index (κ3) is 2.49. The van der Waals surface area contributed by atoms with Crippen LogP contribution in [0.1, 0.15) is 28.8 Å². The standard InChI is InChI=1S/C15H18N2O2/c16-15(18)12-5-6-14-11(9-12)3-1-7-17(14)10-13-4-2-8-19-13/h1,3,5-6,9,13H,2,4,7-8,10H2,(H2,16,18). The maximum Gasteiger partial charge on any atom is 0.248 e. The van der Waals surface area contributed by atoms with E-state index >= 15 is 0 Å². The van der Waals surface area contributed by atoms with E-state index in [0.29, 0.717) is 11.7 Å². The fourth-order valence-corrected chi connectivity index (χ4v) is 2.74. The summed E-state index contributed by atoms with van der Waals surface area (Å²) in [6, 6.07) is 5.63.